The van der Waals surface area contributed by atoms with Gasteiger partial charge in [0, 0.05) is 24.0 Å². The van der Waals surface area contributed by atoms with Crippen LogP contribution in [0, 0.1) is 5.21 Å². The minimum absolute atomic E-state index is 0.365. The van der Waals surface area contributed by atoms with E-state index in [4.69, 9.17) is 5.21 Å². The first kappa shape index (κ1) is 13.8. The van der Waals surface area contributed by atoms with Gasteiger partial charge in [0.25, 0.3) is 0 Å². The van der Waals surface area contributed by atoms with Gasteiger partial charge >= 0.3 is 0 Å². The number of likely N-dealkylation sites (N-methyl/N-ethyl adjacent to an activating group) is 1. The Morgan fingerprint density at radius 1 is 1.21 bits per heavy atom. The van der Waals surface area contributed by atoms with Gasteiger partial charge < -0.3 is 15.0 Å². The highest BCUT2D eigenvalue weighted by Crippen LogP contribution is 2.15. The quantitative estimate of drug-likeness (QED) is 0.638. The van der Waals surface area contributed by atoms with Crippen LogP contribution in [0.25, 0.3) is 0 Å². The number of nitrogens with zero attached hydrogens (tertiary/aromatic N) is 1. The molecule has 0 bridgehead atoms. The lowest BCUT2D eigenvalue weighted by Gasteiger charge is -2.24. The van der Waals surface area contributed by atoms with E-state index in [1.807, 2.05) is 29.4 Å². The number of rotatable bonds is 4. The van der Waals surface area contributed by atoms with Crippen LogP contribution in [-0.2, 0) is 6.54 Å². The first-order valence-electron chi connectivity index (χ1n) is 6.31. The maximum Gasteiger partial charge on any atom is 0.168 e. The van der Waals surface area contributed by atoms with Gasteiger partial charge in [-0.15, -0.1) is 0 Å². The minimum Gasteiger partial charge on any atom is -0.595 e. The van der Waals surface area contributed by atoms with Gasteiger partial charge in [-0.2, -0.15) is 5.23 Å². The molecule has 0 amide bonds. The molecule has 1 unspecified atom stereocenters. The average molecular weight is 262 g/mol. The van der Waals surface area contributed by atoms with Gasteiger partial charge in [-0.1, -0.05) is 18.2 Å². The van der Waals surface area contributed by atoms with E-state index in [2.05, 4.69) is 26.2 Å². The van der Waals surface area contributed by atoms with E-state index < -0.39 is 5.23 Å². The van der Waals surface area contributed by atoms with Gasteiger partial charge in [-0.05, 0) is 12.2 Å². The Balaban J connectivity index is 2.08. The number of para-hydroxylation sites is 1. The van der Waals surface area contributed by atoms with E-state index >= 15 is 0 Å². The summed E-state index contributed by atoms with van der Waals surface area (Å²) in [5.41, 5.74) is 1.18. The molecule has 0 fully saturated rings. The number of benzene rings is 1. The lowest BCUT2D eigenvalue weighted by molar-refractivity contribution is -0.991. The van der Waals surface area contributed by atoms with Crippen LogP contribution in [0.1, 0.15) is 5.56 Å². The molecule has 5 heteroatoms. The fourth-order valence-electron chi connectivity index (χ4n) is 2.07. The average Bonchev–Trinajstić information content (AvgIpc) is 2.39. The highest BCUT2D eigenvalue weighted by molar-refractivity contribution is 5.39. The molecule has 1 atom stereocenters. The number of hydrogen-bond donors (Lipinski definition) is 3. The molecule has 3 N–H and O–H groups in total. The summed E-state index contributed by atoms with van der Waals surface area (Å²) < 4.78 is 0. The zero-order valence-corrected chi connectivity index (χ0v) is 11.2. The van der Waals surface area contributed by atoms with Crippen LogP contribution in [0.2, 0.25) is 0 Å². The van der Waals surface area contributed by atoms with E-state index in [0.29, 0.717) is 18.3 Å². The normalized spacial score (nSPS) is 17.2. The van der Waals surface area contributed by atoms with Crippen LogP contribution < -0.4 is 10.1 Å². The molecule has 1 heterocycles. The fraction of sp³-hybridized carbons (Fsp3) is 0.286. The van der Waals surface area contributed by atoms with Crippen LogP contribution in [0.3, 0.4) is 0 Å². The van der Waals surface area contributed by atoms with Crippen molar-refractivity contribution >= 4 is 5.69 Å². The van der Waals surface area contributed by atoms with Crippen molar-refractivity contribution in [2.75, 3.05) is 14.1 Å². The van der Waals surface area contributed by atoms with Gasteiger partial charge in [0.15, 0.2) is 5.69 Å². The summed E-state index contributed by atoms with van der Waals surface area (Å²) >= 11 is 0. The molecule has 19 heavy (non-hydrogen) atoms. The summed E-state index contributed by atoms with van der Waals surface area (Å²) in [4.78, 5) is 3.35. The molecular formula is C14H20N3O2+. The van der Waals surface area contributed by atoms with Crippen molar-refractivity contribution in [2.24, 2.45) is 0 Å². The van der Waals surface area contributed by atoms with Crippen molar-refractivity contribution < 1.29 is 15.3 Å². The highest BCUT2D eigenvalue weighted by Gasteiger charge is 2.14. The Hall–Kier alpha value is -1.66. The largest absolute Gasteiger partial charge is 0.595 e. The predicted molar refractivity (Wildman–Crippen MR) is 72.6 cm³/mol. The lowest BCUT2D eigenvalue weighted by Crippen LogP contribution is -3.09. The Labute approximate surface area is 113 Å². The van der Waals surface area contributed by atoms with Crippen molar-refractivity contribution in [2.45, 2.75) is 12.6 Å². The molecule has 102 valence electrons. The van der Waals surface area contributed by atoms with E-state index in [0.717, 1.165) is 5.56 Å². The molecule has 5 nitrogen and oxygen atoms in total. The van der Waals surface area contributed by atoms with E-state index in [1.165, 1.54) is 4.90 Å². The summed E-state index contributed by atoms with van der Waals surface area (Å²) in [5.74, 6) is 0. The third-order valence-electron chi connectivity index (χ3n) is 3.24. The number of hydrogen-bond acceptors (Lipinski definition) is 3. The maximum atomic E-state index is 11.1. The molecule has 0 radical (unpaired) electrons. The molecule has 2 rings (SSSR count). The Morgan fingerprint density at radius 2 is 1.84 bits per heavy atom. The second-order valence-electron chi connectivity index (χ2n) is 4.92. The maximum absolute atomic E-state index is 11.1. The van der Waals surface area contributed by atoms with Crippen LogP contribution >= 0.6 is 0 Å². The molecule has 1 aromatic carbocycles. The van der Waals surface area contributed by atoms with Gasteiger partial charge in [-0.3, -0.25) is 0 Å². The van der Waals surface area contributed by atoms with E-state index in [-0.39, 0.29) is 0 Å². The van der Waals surface area contributed by atoms with Crippen molar-refractivity contribution in [3.8, 4) is 0 Å². The lowest BCUT2D eigenvalue weighted by atomic mass is 10.1. The third-order valence-corrected chi connectivity index (χ3v) is 3.24. The molecule has 0 spiro atoms. The van der Waals surface area contributed by atoms with Crippen molar-refractivity contribution in [1.82, 2.24) is 4.90 Å². The van der Waals surface area contributed by atoms with Gasteiger partial charge in [0.2, 0.25) is 0 Å². The first-order chi connectivity index (χ1) is 9.08. The molecule has 1 aliphatic rings. The van der Waals surface area contributed by atoms with E-state index in [1.54, 1.807) is 12.1 Å². The summed E-state index contributed by atoms with van der Waals surface area (Å²) in [6, 6.07) is 7.49. The summed E-state index contributed by atoms with van der Waals surface area (Å²) in [6.07, 6.45) is 8.27. The Kier molecular flexibility index (Phi) is 4.34. The number of quaternary nitrogens is 2. The second kappa shape index (κ2) is 5.99. The van der Waals surface area contributed by atoms with Gasteiger partial charge in [0.05, 0.1) is 20.6 Å². The Morgan fingerprint density at radius 3 is 2.42 bits per heavy atom. The topological polar surface area (TPSA) is 55.4 Å². The monoisotopic (exact) mass is 262 g/mol. The van der Waals surface area contributed by atoms with Crippen LogP contribution in [0.5, 0.6) is 0 Å². The smallest absolute Gasteiger partial charge is 0.168 e. The standard InChI is InChI=1S/C14H19N3O2/c1-15(2)13-7-9-16(10-8-13)11-12-5-3-4-6-14(12)17(18)19/h3-10,13,17-18H,11H2,1-2H3/p+1. The summed E-state index contributed by atoms with van der Waals surface area (Å²) in [7, 11) is 4.21. The SMILES string of the molecule is C[NH+](C)C1C=CN(Cc2ccccc2[NH+]([O-])O)C=C1. The molecule has 1 aliphatic heterocycles. The van der Waals surface area contributed by atoms with Gasteiger partial charge in [-0.25, -0.2) is 5.21 Å². The van der Waals surface area contributed by atoms with Crippen molar-refractivity contribution in [3.05, 3.63) is 59.6 Å². The molecular weight excluding hydrogens is 242 g/mol. The van der Waals surface area contributed by atoms with Crippen molar-refractivity contribution in [3.63, 3.8) is 0 Å². The molecule has 0 saturated heterocycles. The fourth-order valence-corrected chi connectivity index (χ4v) is 2.07. The van der Waals surface area contributed by atoms with Crippen LogP contribution in [0.4, 0.5) is 5.69 Å². The zero-order valence-electron chi connectivity index (χ0n) is 11.2. The van der Waals surface area contributed by atoms with Crippen LogP contribution in [-0.4, -0.2) is 30.2 Å². The molecule has 0 aromatic heterocycles. The third kappa shape index (κ3) is 3.42. The first-order valence-corrected chi connectivity index (χ1v) is 6.31. The summed E-state index contributed by atoms with van der Waals surface area (Å²) in [5, 5.41) is 19.4. The predicted octanol–water partition coefficient (Wildman–Crippen LogP) is -0.554. The number of nitrogens with one attached hydrogen (secondary N) is 2. The Bertz CT molecular complexity index is 469. The van der Waals surface area contributed by atoms with Gasteiger partial charge in [0.1, 0.15) is 6.04 Å². The molecule has 0 saturated carbocycles. The van der Waals surface area contributed by atoms with E-state index in [9.17, 15) is 5.21 Å². The molecule has 1 aromatic rings. The molecule has 0 aliphatic carbocycles. The minimum atomic E-state index is -0.879. The van der Waals surface area contributed by atoms with Crippen molar-refractivity contribution in [1.29, 1.82) is 0 Å². The highest BCUT2D eigenvalue weighted by atomic mass is 16.8. The zero-order chi connectivity index (χ0) is 13.8. The van der Waals surface area contributed by atoms with Crippen LogP contribution in [0.15, 0.2) is 48.8 Å². The summed E-state index contributed by atoms with van der Waals surface area (Å²) in [6.45, 7) is 0.574. The second-order valence-corrected chi connectivity index (χ2v) is 4.92.